The zero-order valence-corrected chi connectivity index (χ0v) is 13.6. The molecule has 0 radical (unpaired) electrons. The highest BCUT2D eigenvalue weighted by molar-refractivity contribution is 5.62. The predicted molar refractivity (Wildman–Crippen MR) is 87.7 cm³/mol. The molecule has 0 aliphatic carbocycles. The van der Waals surface area contributed by atoms with Gasteiger partial charge in [0.25, 0.3) is 5.69 Å². The number of rotatable bonds is 9. The van der Waals surface area contributed by atoms with Crippen molar-refractivity contribution < 1.29 is 4.92 Å². The number of hydrogen-bond donors (Lipinski definition) is 1. The Morgan fingerprint density at radius 1 is 1.29 bits per heavy atom. The number of nitro groups is 1. The van der Waals surface area contributed by atoms with Crippen LogP contribution in [0.1, 0.15) is 45.6 Å². The van der Waals surface area contributed by atoms with Crippen molar-refractivity contribution in [2.45, 2.75) is 52.6 Å². The Labute approximate surface area is 127 Å². The van der Waals surface area contributed by atoms with Crippen molar-refractivity contribution in [2.24, 2.45) is 0 Å². The van der Waals surface area contributed by atoms with E-state index >= 15 is 0 Å². The van der Waals surface area contributed by atoms with Gasteiger partial charge in [0.1, 0.15) is 5.69 Å². The van der Waals surface area contributed by atoms with E-state index < -0.39 is 0 Å². The van der Waals surface area contributed by atoms with E-state index in [-0.39, 0.29) is 10.6 Å². The summed E-state index contributed by atoms with van der Waals surface area (Å²) in [5.74, 6) is 0. The van der Waals surface area contributed by atoms with Crippen LogP contribution < -0.4 is 5.32 Å². The Hall–Kier alpha value is -1.62. The van der Waals surface area contributed by atoms with Crippen molar-refractivity contribution in [1.82, 2.24) is 4.90 Å². The number of nitrogens with zero attached hydrogens (tertiary/aromatic N) is 2. The van der Waals surface area contributed by atoms with E-state index in [0.717, 1.165) is 37.9 Å². The van der Waals surface area contributed by atoms with Crippen LogP contribution >= 0.6 is 0 Å². The molecule has 0 amide bonds. The van der Waals surface area contributed by atoms with Crippen LogP contribution in [-0.2, 0) is 6.54 Å². The molecule has 0 bridgehead atoms. The lowest BCUT2D eigenvalue weighted by molar-refractivity contribution is -0.384. The Bertz CT molecular complexity index is 459. The van der Waals surface area contributed by atoms with Crippen LogP contribution in [-0.4, -0.2) is 29.5 Å². The number of anilines is 1. The zero-order chi connectivity index (χ0) is 15.8. The fourth-order valence-corrected chi connectivity index (χ4v) is 2.57. The van der Waals surface area contributed by atoms with Gasteiger partial charge in [-0.05, 0) is 37.9 Å². The van der Waals surface area contributed by atoms with Gasteiger partial charge < -0.3 is 5.32 Å². The third-order valence-corrected chi connectivity index (χ3v) is 3.82. The van der Waals surface area contributed by atoms with Crippen LogP contribution in [0.15, 0.2) is 18.2 Å². The van der Waals surface area contributed by atoms with Crippen molar-refractivity contribution in [3.8, 4) is 0 Å². The van der Waals surface area contributed by atoms with Crippen LogP contribution in [0.2, 0.25) is 0 Å². The Morgan fingerprint density at radius 2 is 1.95 bits per heavy atom. The van der Waals surface area contributed by atoms with Crippen molar-refractivity contribution >= 4 is 11.4 Å². The van der Waals surface area contributed by atoms with Crippen molar-refractivity contribution in [3.05, 3.63) is 33.9 Å². The lowest BCUT2D eigenvalue weighted by atomic mass is 10.1. The molecule has 0 spiro atoms. The summed E-state index contributed by atoms with van der Waals surface area (Å²) in [5.41, 5.74) is 1.88. The van der Waals surface area contributed by atoms with Crippen LogP contribution in [0.3, 0.4) is 0 Å². The molecule has 1 N–H and O–H groups in total. The third-order valence-electron chi connectivity index (χ3n) is 3.82. The molecular formula is C16H27N3O2. The maximum Gasteiger partial charge on any atom is 0.292 e. The van der Waals surface area contributed by atoms with Gasteiger partial charge in [-0.1, -0.05) is 26.8 Å². The van der Waals surface area contributed by atoms with Gasteiger partial charge in [-0.2, -0.15) is 0 Å². The average Bonchev–Trinajstić information content (AvgIpc) is 2.46. The van der Waals surface area contributed by atoms with Gasteiger partial charge >= 0.3 is 0 Å². The molecule has 0 atom stereocenters. The number of benzene rings is 1. The maximum absolute atomic E-state index is 11.1. The Morgan fingerprint density at radius 3 is 2.48 bits per heavy atom. The van der Waals surface area contributed by atoms with Gasteiger partial charge in [-0.3, -0.25) is 15.0 Å². The summed E-state index contributed by atoms with van der Waals surface area (Å²) in [6, 6.07) is 5.92. The van der Waals surface area contributed by atoms with E-state index in [9.17, 15) is 10.1 Å². The SMILES string of the molecule is CCCNc1cc(CN(C)C(CC)CC)ccc1[N+](=O)[O-]. The Balaban J connectivity index is 2.91. The topological polar surface area (TPSA) is 58.4 Å². The van der Waals surface area contributed by atoms with Crippen LogP contribution in [0.5, 0.6) is 0 Å². The van der Waals surface area contributed by atoms with Gasteiger partial charge in [-0.15, -0.1) is 0 Å². The summed E-state index contributed by atoms with van der Waals surface area (Å²) in [6.45, 7) is 7.98. The summed E-state index contributed by atoms with van der Waals surface area (Å²) >= 11 is 0. The van der Waals surface area contributed by atoms with Gasteiger partial charge in [0, 0.05) is 25.2 Å². The minimum atomic E-state index is -0.327. The highest BCUT2D eigenvalue weighted by atomic mass is 16.6. The van der Waals surface area contributed by atoms with Gasteiger partial charge in [0.05, 0.1) is 4.92 Å². The normalized spacial score (nSPS) is 11.1. The van der Waals surface area contributed by atoms with Gasteiger partial charge in [0.15, 0.2) is 0 Å². The van der Waals surface area contributed by atoms with Crippen molar-refractivity contribution in [3.63, 3.8) is 0 Å². The van der Waals surface area contributed by atoms with Crippen LogP contribution in [0, 0.1) is 10.1 Å². The smallest absolute Gasteiger partial charge is 0.292 e. The second kappa shape index (κ2) is 8.62. The highest BCUT2D eigenvalue weighted by Crippen LogP contribution is 2.26. The molecule has 5 nitrogen and oxygen atoms in total. The summed E-state index contributed by atoms with van der Waals surface area (Å²) in [7, 11) is 2.11. The van der Waals surface area contributed by atoms with Crippen molar-refractivity contribution in [2.75, 3.05) is 18.9 Å². The first kappa shape index (κ1) is 17.4. The second-order valence-corrected chi connectivity index (χ2v) is 5.42. The zero-order valence-electron chi connectivity index (χ0n) is 13.6. The molecule has 0 aromatic heterocycles. The van der Waals surface area contributed by atoms with E-state index in [0.29, 0.717) is 11.7 Å². The Kier molecular flexibility index (Phi) is 7.15. The molecule has 0 unspecified atom stereocenters. The fraction of sp³-hybridized carbons (Fsp3) is 0.625. The molecule has 0 heterocycles. The molecule has 0 aliphatic heterocycles. The first-order valence-electron chi connectivity index (χ1n) is 7.74. The molecule has 5 heteroatoms. The first-order valence-corrected chi connectivity index (χ1v) is 7.74. The minimum absolute atomic E-state index is 0.150. The molecule has 1 aromatic carbocycles. The molecular weight excluding hydrogens is 266 g/mol. The van der Waals surface area contributed by atoms with Gasteiger partial charge in [-0.25, -0.2) is 0 Å². The first-order chi connectivity index (χ1) is 10.0. The largest absolute Gasteiger partial charge is 0.379 e. The maximum atomic E-state index is 11.1. The van der Waals surface area contributed by atoms with E-state index in [1.54, 1.807) is 6.07 Å². The second-order valence-electron chi connectivity index (χ2n) is 5.42. The number of nitro benzene ring substituents is 1. The summed E-state index contributed by atoms with van der Waals surface area (Å²) in [5, 5.41) is 14.2. The monoisotopic (exact) mass is 293 g/mol. The van der Waals surface area contributed by atoms with Gasteiger partial charge in [0.2, 0.25) is 0 Å². The third kappa shape index (κ3) is 5.01. The van der Waals surface area contributed by atoms with E-state index in [1.165, 1.54) is 0 Å². The molecule has 0 saturated carbocycles. The van der Waals surface area contributed by atoms with E-state index in [2.05, 4.69) is 31.1 Å². The summed E-state index contributed by atoms with van der Waals surface area (Å²) in [4.78, 5) is 13.1. The molecule has 0 aliphatic rings. The summed E-state index contributed by atoms with van der Waals surface area (Å²) < 4.78 is 0. The minimum Gasteiger partial charge on any atom is -0.379 e. The van der Waals surface area contributed by atoms with Crippen LogP contribution in [0.25, 0.3) is 0 Å². The quantitative estimate of drug-likeness (QED) is 0.551. The van der Waals surface area contributed by atoms with Crippen LogP contribution in [0.4, 0.5) is 11.4 Å². The molecule has 1 rings (SSSR count). The van der Waals surface area contributed by atoms with E-state index in [1.807, 2.05) is 19.1 Å². The lowest BCUT2D eigenvalue weighted by Crippen LogP contribution is -2.30. The molecule has 1 aromatic rings. The van der Waals surface area contributed by atoms with E-state index in [4.69, 9.17) is 0 Å². The average molecular weight is 293 g/mol. The molecule has 118 valence electrons. The molecule has 0 saturated heterocycles. The van der Waals surface area contributed by atoms with Crippen molar-refractivity contribution in [1.29, 1.82) is 0 Å². The predicted octanol–water partition coefficient (Wildman–Crippen LogP) is 4.04. The molecule has 0 fully saturated rings. The highest BCUT2D eigenvalue weighted by Gasteiger charge is 2.16. The number of nitrogens with one attached hydrogen (secondary N) is 1. The summed E-state index contributed by atoms with van der Waals surface area (Å²) in [6.07, 6.45) is 3.16. The molecule has 21 heavy (non-hydrogen) atoms. The standard InChI is InChI=1S/C16H27N3O2/c1-5-10-17-15-11-13(8-9-16(15)19(20)21)12-18(4)14(6-2)7-3/h8-9,11,14,17H,5-7,10,12H2,1-4H3. The fourth-order valence-electron chi connectivity index (χ4n) is 2.57. The lowest BCUT2D eigenvalue weighted by Gasteiger charge is -2.26. The number of hydrogen-bond acceptors (Lipinski definition) is 4.